The summed E-state index contributed by atoms with van der Waals surface area (Å²) in [4.78, 5) is 39.8. The molecule has 0 aromatic heterocycles. The summed E-state index contributed by atoms with van der Waals surface area (Å²) in [7, 11) is 1.13. The highest BCUT2D eigenvalue weighted by molar-refractivity contribution is 7.45. The molecule has 0 aliphatic carbocycles. The molecule has 0 rings (SSSR count). The van der Waals surface area contributed by atoms with Crippen molar-refractivity contribution in [3.63, 3.8) is 0 Å². The molecule has 1 amide bonds. The number of allylic oxidation sites excluding steroid dienone is 15. The van der Waals surface area contributed by atoms with Crippen molar-refractivity contribution in [1.29, 1.82) is 0 Å². The topological polar surface area (TPSA) is 114 Å². The van der Waals surface area contributed by atoms with Crippen molar-refractivity contribution in [3.8, 4) is 0 Å². The van der Waals surface area contributed by atoms with E-state index in [0.29, 0.717) is 23.9 Å². The Kier molecular flexibility index (Phi) is 47.3. The van der Waals surface area contributed by atoms with Crippen LogP contribution in [0.2, 0.25) is 0 Å². The maximum atomic E-state index is 13.5. The first-order valence-electron chi connectivity index (χ1n) is 28.0. The van der Waals surface area contributed by atoms with Gasteiger partial charge < -0.3 is 28.5 Å². The summed E-state index contributed by atoms with van der Waals surface area (Å²) in [6.07, 6.45) is 65.1. The van der Waals surface area contributed by atoms with E-state index in [9.17, 15) is 19.0 Å². The van der Waals surface area contributed by atoms with Gasteiger partial charge in [0.05, 0.1) is 33.8 Å². The van der Waals surface area contributed by atoms with Crippen molar-refractivity contribution in [2.45, 2.75) is 232 Å². The van der Waals surface area contributed by atoms with Crippen molar-refractivity contribution in [2.75, 3.05) is 40.9 Å². The van der Waals surface area contributed by atoms with Crippen molar-refractivity contribution >= 4 is 19.7 Å². The van der Waals surface area contributed by atoms with Gasteiger partial charge in [-0.2, -0.15) is 0 Å². The second-order valence-corrected chi connectivity index (χ2v) is 21.1. The van der Waals surface area contributed by atoms with Gasteiger partial charge in [0.1, 0.15) is 19.3 Å². The third kappa shape index (κ3) is 49.9. The zero-order chi connectivity index (χ0) is 51.5. The van der Waals surface area contributed by atoms with Gasteiger partial charge in [-0.3, -0.25) is 14.2 Å². The lowest BCUT2D eigenvalue weighted by molar-refractivity contribution is -0.870. The number of carbonyl (C=O) groups is 2. The Morgan fingerprint density at radius 2 is 0.914 bits per heavy atom. The van der Waals surface area contributed by atoms with Gasteiger partial charge in [-0.05, 0) is 109 Å². The van der Waals surface area contributed by atoms with Crippen molar-refractivity contribution < 1.29 is 37.3 Å². The molecule has 0 spiro atoms. The van der Waals surface area contributed by atoms with Crippen molar-refractivity contribution in [3.05, 3.63) is 97.2 Å². The number of phosphoric ester groups is 1. The molecule has 3 unspecified atom stereocenters. The Bertz CT molecular complexity index is 1520. The van der Waals surface area contributed by atoms with Gasteiger partial charge in [-0.25, -0.2) is 0 Å². The van der Waals surface area contributed by atoms with Crippen molar-refractivity contribution in [1.82, 2.24) is 5.32 Å². The number of nitrogens with zero attached hydrogens (tertiary/aromatic N) is 1. The fourth-order valence-electron chi connectivity index (χ4n) is 7.40. The number of ether oxygens (including phenoxy) is 1. The molecule has 0 saturated heterocycles. The number of quaternary nitrogens is 1. The SMILES string of the molecule is CC/C=C/C/C=C/C/C=C/C/C=C/CCCCCC(=O)NC(COP(=O)([O-])OCC[N+](C)(C)C)C(/C=C/CCCCCCCCCCC)OC(=O)CCCCCC/C=C\C/C=C\C/C=C\CCCCC. The Morgan fingerprint density at radius 3 is 1.41 bits per heavy atom. The molecular weight excluding hydrogens is 892 g/mol. The molecule has 0 aromatic rings. The number of phosphoric acid groups is 1. The number of rotatable bonds is 49. The van der Waals surface area contributed by atoms with Crippen LogP contribution in [0.15, 0.2) is 97.2 Å². The molecule has 0 fully saturated rings. The Morgan fingerprint density at radius 1 is 0.514 bits per heavy atom. The summed E-state index contributed by atoms with van der Waals surface area (Å²) < 4.78 is 30.1. The first-order valence-corrected chi connectivity index (χ1v) is 29.5. The van der Waals surface area contributed by atoms with Crippen molar-refractivity contribution in [2.24, 2.45) is 0 Å². The van der Waals surface area contributed by atoms with Crippen LogP contribution in [-0.2, 0) is 27.9 Å². The molecule has 0 bridgehead atoms. The molecule has 0 saturated carbocycles. The van der Waals surface area contributed by atoms with Crippen LogP contribution in [0.3, 0.4) is 0 Å². The van der Waals surface area contributed by atoms with Gasteiger partial charge >= 0.3 is 5.97 Å². The summed E-state index contributed by atoms with van der Waals surface area (Å²) in [6.45, 7) is 6.63. The van der Waals surface area contributed by atoms with Crippen LogP contribution in [0, 0.1) is 0 Å². The predicted octanol–water partition coefficient (Wildman–Crippen LogP) is 16.2. The molecule has 3 atom stereocenters. The molecular formula is C60H105N2O7P. The van der Waals surface area contributed by atoms with E-state index in [0.717, 1.165) is 103 Å². The third-order valence-corrected chi connectivity index (χ3v) is 12.7. The Hall–Kier alpha value is -3.07. The number of hydrogen-bond donors (Lipinski definition) is 1. The Balaban J connectivity index is 5.45. The lowest BCUT2D eigenvalue weighted by atomic mass is 10.1. The molecule has 0 heterocycles. The summed E-state index contributed by atoms with van der Waals surface area (Å²) in [5.41, 5.74) is 0. The van der Waals surface area contributed by atoms with Crippen LogP contribution in [0.5, 0.6) is 0 Å². The quantitative estimate of drug-likeness (QED) is 0.0212. The van der Waals surface area contributed by atoms with Gasteiger partial charge in [0, 0.05) is 12.8 Å². The highest BCUT2D eigenvalue weighted by Gasteiger charge is 2.27. The molecule has 0 aliphatic heterocycles. The first-order chi connectivity index (χ1) is 33.9. The average molecular weight is 997 g/mol. The summed E-state index contributed by atoms with van der Waals surface area (Å²) >= 11 is 0. The predicted molar refractivity (Wildman–Crippen MR) is 297 cm³/mol. The van der Waals surface area contributed by atoms with E-state index < -0.39 is 26.6 Å². The normalized spacial score (nSPS) is 14.6. The molecule has 10 heteroatoms. The van der Waals surface area contributed by atoms with E-state index in [4.69, 9.17) is 13.8 Å². The molecule has 70 heavy (non-hydrogen) atoms. The molecule has 0 aromatic carbocycles. The molecule has 0 aliphatic rings. The van der Waals surface area contributed by atoms with E-state index in [1.54, 1.807) is 0 Å². The monoisotopic (exact) mass is 997 g/mol. The number of likely N-dealkylation sites (N-methyl/N-ethyl adjacent to an activating group) is 1. The minimum Gasteiger partial charge on any atom is -0.756 e. The first kappa shape index (κ1) is 66.9. The van der Waals surface area contributed by atoms with Gasteiger partial charge in [-0.15, -0.1) is 0 Å². The average Bonchev–Trinajstić information content (AvgIpc) is 3.32. The van der Waals surface area contributed by atoms with Crippen LogP contribution in [0.4, 0.5) is 0 Å². The number of amides is 1. The number of carbonyl (C=O) groups excluding carboxylic acids is 2. The van der Waals surface area contributed by atoms with Gasteiger partial charge in [-0.1, -0.05) is 195 Å². The highest BCUT2D eigenvalue weighted by Crippen LogP contribution is 2.38. The molecule has 9 nitrogen and oxygen atoms in total. The summed E-state index contributed by atoms with van der Waals surface area (Å²) in [5, 5.41) is 2.99. The van der Waals surface area contributed by atoms with E-state index in [1.165, 1.54) is 70.6 Å². The van der Waals surface area contributed by atoms with Gasteiger partial charge in [0.2, 0.25) is 5.91 Å². The van der Waals surface area contributed by atoms with E-state index in [-0.39, 0.29) is 31.3 Å². The lowest BCUT2D eigenvalue weighted by Gasteiger charge is -2.30. The largest absolute Gasteiger partial charge is 0.756 e. The second kappa shape index (κ2) is 49.5. The zero-order valence-corrected chi connectivity index (χ0v) is 46.6. The second-order valence-electron chi connectivity index (χ2n) is 19.7. The van der Waals surface area contributed by atoms with E-state index in [2.05, 4.69) is 111 Å². The van der Waals surface area contributed by atoms with Crippen LogP contribution in [0.1, 0.15) is 220 Å². The van der Waals surface area contributed by atoms with Crippen LogP contribution < -0.4 is 10.2 Å². The number of unbranched alkanes of at least 4 members (excludes halogenated alkanes) is 19. The fourth-order valence-corrected chi connectivity index (χ4v) is 8.12. The maximum absolute atomic E-state index is 13.5. The number of hydrogen-bond acceptors (Lipinski definition) is 7. The van der Waals surface area contributed by atoms with E-state index >= 15 is 0 Å². The van der Waals surface area contributed by atoms with Crippen LogP contribution in [-0.4, -0.2) is 69.4 Å². The third-order valence-electron chi connectivity index (χ3n) is 11.7. The van der Waals surface area contributed by atoms with Crippen LogP contribution in [0.25, 0.3) is 0 Å². The van der Waals surface area contributed by atoms with Gasteiger partial charge in [0.25, 0.3) is 7.82 Å². The standard InChI is InChI=1S/C60H105N2O7P/c1-7-10-13-16-19-22-25-27-29-31-33-35-38-41-44-47-50-53-60(64)69-58(51-48-45-42-39-36-24-21-18-15-12-9-3)57(56-68-70(65,66)67-55-54-62(4,5)6)61-59(63)52-49-46-43-40-37-34-32-30-28-26-23-20-17-14-11-8-2/h11,14,19-20,22-23,27-30,33-35,37,48,51,57-58H,7-10,12-13,15-18,21,24-26,31-32,36,38-47,49-50,52-56H2,1-6H3,(H-,61,63,65,66)/b14-11+,22-19-,23-20+,29-27-,30-28+,35-33-,37-34+,51-48+. The van der Waals surface area contributed by atoms with Crippen LogP contribution >= 0.6 is 7.82 Å². The lowest BCUT2D eigenvalue weighted by Crippen LogP contribution is -2.47. The Labute approximate surface area is 430 Å². The minimum absolute atomic E-state index is 0.0374. The van der Waals surface area contributed by atoms with E-state index in [1.807, 2.05) is 33.3 Å². The minimum atomic E-state index is -4.71. The molecule has 0 radical (unpaired) electrons. The number of esters is 1. The summed E-state index contributed by atoms with van der Waals surface area (Å²) in [6, 6.07) is -0.918. The summed E-state index contributed by atoms with van der Waals surface area (Å²) in [5.74, 6) is -0.611. The maximum Gasteiger partial charge on any atom is 0.306 e. The molecule has 1 N–H and O–H groups in total. The molecule has 402 valence electrons. The fraction of sp³-hybridized carbons (Fsp3) is 0.700. The van der Waals surface area contributed by atoms with Gasteiger partial charge in [0.15, 0.2) is 0 Å². The highest BCUT2D eigenvalue weighted by atomic mass is 31.2. The zero-order valence-electron chi connectivity index (χ0n) is 45.7. The smallest absolute Gasteiger partial charge is 0.306 e. The number of nitrogens with one attached hydrogen (secondary N) is 1.